The van der Waals surface area contributed by atoms with Crippen LogP contribution in [0.4, 0.5) is 23.8 Å². The molecule has 2 aromatic heterocycles. The smallest absolute Gasteiger partial charge is 0.319 e. The molecule has 59 heavy (non-hydrogen) atoms. The van der Waals surface area contributed by atoms with E-state index < -0.39 is 17.8 Å². The van der Waals surface area contributed by atoms with Crippen LogP contribution in [0.5, 0.6) is 17.6 Å². The van der Waals surface area contributed by atoms with Gasteiger partial charge in [-0.15, -0.1) is 12.8 Å². The molecule has 0 bridgehead atoms. The normalized spacial score (nSPS) is 19.0. The van der Waals surface area contributed by atoms with E-state index in [1.165, 1.54) is 31.4 Å². The lowest BCUT2D eigenvalue weighted by Crippen LogP contribution is -2.62. The Hall–Kier alpha value is -6.00. The number of piperazine rings is 1. The van der Waals surface area contributed by atoms with Crippen LogP contribution in [-0.2, 0) is 4.79 Å². The number of rotatable bonds is 11. The van der Waals surface area contributed by atoms with Crippen molar-refractivity contribution in [1.82, 2.24) is 30.1 Å². The van der Waals surface area contributed by atoms with E-state index in [0.717, 1.165) is 19.4 Å². The summed E-state index contributed by atoms with van der Waals surface area (Å²) in [6.45, 7) is 6.86. The van der Waals surface area contributed by atoms with Crippen molar-refractivity contribution in [3.05, 3.63) is 41.5 Å². The second kappa shape index (κ2) is 18.3. The van der Waals surface area contributed by atoms with Crippen molar-refractivity contribution in [1.29, 1.82) is 0 Å². The summed E-state index contributed by atoms with van der Waals surface area (Å²) in [4.78, 5) is 41.9. The molecular formula is C43H48F3N7O6. The van der Waals surface area contributed by atoms with Crippen molar-refractivity contribution in [3.63, 3.8) is 0 Å². The van der Waals surface area contributed by atoms with E-state index in [-0.39, 0.29) is 93.9 Å². The molecule has 2 saturated heterocycles. The summed E-state index contributed by atoms with van der Waals surface area (Å²) < 4.78 is 58.6. The standard InChI is InChI=1S/C42H46F3N7O4.CH2O2/c1-6-16-46-41(54)52-27(7-2)21-51(22-28(52)8-3)38-34-37(48-40(49-38)56-24-42(14-15-42)23-50-17-12-26(43)13-18-50)35(45)36(47-39(34)55-5)31-20-29(53)19-25-10-11-32(44)30(9-4)33(25)31;2-1-3/h1,4,10-11,19-20,26-28,53H,7-8,12-18,21-24H2,2-3,5H3,(H,46,54);1H,(H,2,3). The van der Waals surface area contributed by atoms with Crippen molar-refractivity contribution in [2.24, 2.45) is 5.41 Å². The molecule has 3 fully saturated rings. The molecule has 312 valence electrons. The maximum Gasteiger partial charge on any atom is 0.319 e. The fourth-order valence-corrected chi connectivity index (χ4v) is 8.18. The molecule has 2 amide bonds. The first-order valence-electron chi connectivity index (χ1n) is 19.6. The largest absolute Gasteiger partial charge is 0.508 e. The van der Waals surface area contributed by atoms with Gasteiger partial charge in [0.15, 0.2) is 5.82 Å². The van der Waals surface area contributed by atoms with E-state index in [2.05, 4.69) is 32.0 Å². The number of phenolic OH excluding ortho intramolecular Hbond substituents is 1. The van der Waals surface area contributed by atoms with Crippen LogP contribution >= 0.6 is 0 Å². The summed E-state index contributed by atoms with van der Waals surface area (Å²) in [5.41, 5.74) is -0.667. The van der Waals surface area contributed by atoms with Crippen LogP contribution in [0.1, 0.15) is 57.9 Å². The molecule has 2 atom stereocenters. The third kappa shape index (κ3) is 8.88. The minimum Gasteiger partial charge on any atom is -0.508 e. The lowest BCUT2D eigenvalue weighted by atomic mass is 9.95. The minimum atomic E-state index is -0.880. The predicted molar refractivity (Wildman–Crippen MR) is 217 cm³/mol. The third-order valence-electron chi connectivity index (χ3n) is 11.4. The van der Waals surface area contributed by atoms with E-state index in [4.69, 9.17) is 37.2 Å². The highest BCUT2D eigenvalue weighted by Crippen LogP contribution is 2.48. The molecule has 3 aliphatic rings. The summed E-state index contributed by atoms with van der Waals surface area (Å²) in [6, 6.07) is 4.48. The molecule has 2 aliphatic heterocycles. The number of aromatic nitrogens is 3. The molecule has 2 aromatic carbocycles. The number of pyridine rings is 1. The van der Waals surface area contributed by atoms with E-state index >= 15 is 8.78 Å². The predicted octanol–water partition coefficient (Wildman–Crippen LogP) is 6.13. The van der Waals surface area contributed by atoms with Gasteiger partial charge in [-0.2, -0.15) is 9.97 Å². The maximum atomic E-state index is 17.4. The quantitative estimate of drug-likeness (QED) is 0.118. The fraction of sp³-hybridized carbons (Fsp3) is 0.465. The van der Waals surface area contributed by atoms with Gasteiger partial charge in [-0.1, -0.05) is 31.8 Å². The lowest BCUT2D eigenvalue weighted by Gasteiger charge is -2.47. The van der Waals surface area contributed by atoms with Crippen LogP contribution in [-0.4, -0.2) is 119 Å². The maximum absolute atomic E-state index is 17.4. The number of hydrogen-bond acceptors (Lipinski definition) is 10. The Morgan fingerprint density at radius 3 is 2.34 bits per heavy atom. The van der Waals surface area contributed by atoms with Crippen LogP contribution in [0.15, 0.2) is 24.3 Å². The van der Waals surface area contributed by atoms with Crippen LogP contribution < -0.4 is 19.7 Å². The number of piperidine rings is 1. The first-order valence-corrected chi connectivity index (χ1v) is 19.6. The molecule has 0 radical (unpaired) electrons. The summed E-state index contributed by atoms with van der Waals surface area (Å²) in [7, 11) is 1.39. The highest BCUT2D eigenvalue weighted by molar-refractivity contribution is 6.04. The Morgan fingerprint density at radius 1 is 1.07 bits per heavy atom. The zero-order valence-corrected chi connectivity index (χ0v) is 33.3. The molecule has 16 heteroatoms. The van der Waals surface area contributed by atoms with Gasteiger partial charge in [-0.25, -0.2) is 22.9 Å². The average molecular weight is 816 g/mol. The molecule has 0 spiro atoms. The number of anilines is 1. The Kier molecular flexibility index (Phi) is 13.2. The Labute approximate surface area is 340 Å². The number of alkyl halides is 1. The summed E-state index contributed by atoms with van der Waals surface area (Å²) >= 11 is 0. The number of ether oxygens (including phenoxy) is 2. The van der Waals surface area contributed by atoms with Gasteiger partial charge in [0.05, 0.1) is 37.9 Å². The number of fused-ring (bicyclic) bond motifs is 2. The van der Waals surface area contributed by atoms with Crippen molar-refractivity contribution < 1.29 is 42.4 Å². The highest BCUT2D eigenvalue weighted by atomic mass is 19.1. The number of benzene rings is 2. The average Bonchev–Trinajstić information content (AvgIpc) is 4.01. The summed E-state index contributed by atoms with van der Waals surface area (Å²) in [5.74, 6) is 3.35. The van der Waals surface area contributed by atoms with Crippen LogP contribution in [0.25, 0.3) is 32.9 Å². The number of carboxylic acid groups (broad SMARTS) is 1. The number of terminal acetylenes is 2. The van der Waals surface area contributed by atoms with Crippen molar-refractivity contribution >= 4 is 40.0 Å². The molecular weight excluding hydrogens is 768 g/mol. The third-order valence-corrected chi connectivity index (χ3v) is 11.4. The molecule has 13 nitrogen and oxygen atoms in total. The number of hydrogen-bond donors (Lipinski definition) is 3. The number of nitrogens with one attached hydrogen (secondary N) is 1. The SMILES string of the molecule is C#CCNC(=O)N1C(CC)CN(c2nc(OCC3(CN4CCC(F)CC4)CC3)nc3c(F)c(-c4cc(O)cc5ccc(F)c(C#C)c45)nc(OC)c23)CC1CC.O=CO. The van der Waals surface area contributed by atoms with Gasteiger partial charge in [0, 0.05) is 49.1 Å². The highest BCUT2D eigenvalue weighted by Gasteiger charge is 2.46. The first kappa shape index (κ1) is 42.6. The van der Waals surface area contributed by atoms with Gasteiger partial charge in [0.25, 0.3) is 6.47 Å². The number of methoxy groups -OCH3 is 1. The number of urea groups is 1. The number of likely N-dealkylation sites (tertiary alicyclic amines) is 1. The lowest BCUT2D eigenvalue weighted by molar-refractivity contribution is -0.122. The van der Waals surface area contributed by atoms with Crippen molar-refractivity contribution in [3.8, 4) is 53.6 Å². The second-order valence-corrected chi connectivity index (χ2v) is 15.1. The molecule has 4 heterocycles. The monoisotopic (exact) mass is 815 g/mol. The molecule has 1 saturated carbocycles. The summed E-state index contributed by atoms with van der Waals surface area (Å²) in [5, 5.41) is 21.2. The number of carbonyl (C=O) groups excluding carboxylic acids is 1. The Morgan fingerprint density at radius 2 is 1.75 bits per heavy atom. The van der Waals surface area contributed by atoms with Gasteiger partial charge in [-0.05, 0) is 62.1 Å². The van der Waals surface area contributed by atoms with Gasteiger partial charge >= 0.3 is 12.0 Å². The number of amides is 2. The van der Waals surface area contributed by atoms with Gasteiger partial charge in [-0.3, -0.25) is 4.79 Å². The molecule has 7 rings (SSSR count). The summed E-state index contributed by atoms with van der Waals surface area (Å²) in [6.07, 6.45) is 14.5. The van der Waals surface area contributed by atoms with Gasteiger partial charge in [0.1, 0.15) is 40.2 Å². The van der Waals surface area contributed by atoms with E-state index in [0.29, 0.717) is 63.1 Å². The Bertz CT molecular complexity index is 2270. The van der Waals surface area contributed by atoms with Crippen molar-refractivity contribution in [2.45, 2.75) is 70.6 Å². The molecule has 4 aromatic rings. The number of halogens is 3. The van der Waals surface area contributed by atoms with Crippen LogP contribution in [0, 0.1) is 41.7 Å². The number of nitrogens with zero attached hydrogens (tertiary/aromatic N) is 6. The van der Waals surface area contributed by atoms with Gasteiger partial charge in [0.2, 0.25) is 5.88 Å². The molecule has 1 aliphatic carbocycles. The Balaban J connectivity index is 0.00000189. The number of carbonyl (C=O) groups is 2. The zero-order valence-electron chi connectivity index (χ0n) is 33.3. The fourth-order valence-electron chi connectivity index (χ4n) is 8.18. The van der Waals surface area contributed by atoms with E-state index in [1.54, 1.807) is 0 Å². The van der Waals surface area contributed by atoms with E-state index in [9.17, 15) is 14.3 Å². The minimum absolute atomic E-state index is 0.0154. The second-order valence-electron chi connectivity index (χ2n) is 15.1. The van der Waals surface area contributed by atoms with Crippen LogP contribution in [0.2, 0.25) is 0 Å². The molecule has 2 unspecified atom stereocenters. The number of aromatic hydroxyl groups is 1. The van der Waals surface area contributed by atoms with Crippen molar-refractivity contribution in [2.75, 3.05) is 57.9 Å². The first-order chi connectivity index (χ1) is 28.4. The number of phenols is 1. The van der Waals surface area contributed by atoms with Gasteiger partial charge < -0.3 is 39.7 Å². The van der Waals surface area contributed by atoms with E-state index in [1.807, 2.05) is 23.6 Å². The topological polar surface area (TPSA) is 153 Å². The zero-order chi connectivity index (χ0) is 42.4. The molecule has 3 N–H and O–H groups in total. The van der Waals surface area contributed by atoms with Crippen LogP contribution in [0.3, 0.4) is 0 Å².